The Kier molecular flexibility index (Phi) is 12.0. The molecule has 244 valence electrons. The lowest BCUT2D eigenvalue weighted by molar-refractivity contribution is -0.343. The number of aliphatic hydroxyl groups excluding tert-OH is 3. The van der Waals surface area contributed by atoms with E-state index < -0.39 is 67.8 Å². The summed E-state index contributed by atoms with van der Waals surface area (Å²) in [6.07, 6.45) is -7.55. The predicted octanol–water partition coefficient (Wildman–Crippen LogP) is 1.99. The number of rotatable bonds is 10. The highest BCUT2D eigenvalue weighted by Gasteiger charge is 2.51. The second-order valence-electron chi connectivity index (χ2n) is 12.7. The minimum absolute atomic E-state index is 0.0791. The van der Waals surface area contributed by atoms with E-state index in [-0.39, 0.29) is 30.0 Å². The largest absolute Gasteiger partial charge is 0.394 e. The fraction of sp³-hybridized carbons (Fsp3) is 0.781. The van der Waals surface area contributed by atoms with Crippen LogP contribution in [0, 0.1) is 23.7 Å². The van der Waals surface area contributed by atoms with Crippen molar-refractivity contribution in [1.29, 1.82) is 0 Å². The molecule has 1 aromatic rings. The Morgan fingerprint density at radius 3 is 2.09 bits per heavy atom. The summed E-state index contributed by atoms with van der Waals surface area (Å²) in [6, 6.07) is 8.95. The molecule has 3 saturated heterocycles. The first-order valence-corrected chi connectivity index (χ1v) is 15.6. The first-order valence-electron chi connectivity index (χ1n) is 15.6. The average Bonchev–Trinajstić information content (AvgIpc) is 2.98. The van der Waals surface area contributed by atoms with Crippen LogP contribution in [-0.2, 0) is 39.8 Å². The van der Waals surface area contributed by atoms with Crippen LogP contribution in [-0.4, -0.2) is 102 Å². The lowest BCUT2D eigenvalue weighted by Gasteiger charge is -2.50. The van der Waals surface area contributed by atoms with E-state index in [1.54, 1.807) is 0 Å². The lowest BCUT2D eigenvalue weighted by atomic mass is 9.79. The van der Waals surface area contributed by atoms with Crippen LogP contribution >= 0.6 is 0 Å². The summed E-state index contributed by atoms with van der Waals surface area (Å²) in [7, 11) is 0. The molecule has 3 fully saturated rings. The van der Waals surface area contributed by atoms with Gasteiger partial charge in [-0.15, -0.1) is 0 Å². The van der Waals surface area contributed by atoms with Crippen LogP contribution < -0.4 is 5.32 Å². The van der Waals surface area contributed by atoms with Gasteiger partial charge in [0.2, 0.25) is 5.91 Å². The molecule has 0 saturated carbocycles. The van der Waals surface area contributed by atoms with Crippen molar-refractivity contribution in [3.8, 4) is 0 Å². The summed E-state index contributed by atoms with van der Waals surface area (Å²) in [4.78, 5) is 12.0. The van der Waals surface area contributed by atoms with Crippen molar-refractivity contribution in [2.75, 3.05) is 13.2 Å². The van der Waals surface area contributed by atoms with Crippen LogP contribution in [0.25, 0.3) is 0 Å². The Bertz CT molecular complexity index is 1020. The molecule has 4 rings (SSSR count). The third-order valence-corrected chi connectivity index (χ3v) is 9.68. The molecular formula is C32H51NO10. The van der Waals surface area contributed by atoms with E-state index in [0.29, 0.717) is 19.1 Å². The van der Waals surface area contributed by atoms with Crippen LogP contribution in [0.4, 0.5) is 0 Å². The van der Waals surface area contributed by atoms with Crippen molar-refractivity contribution in [3.63, 3.8) is 0 Å². The van der Waals surface area contributed by atoms with Gasteiger partial charge in [-0.1, -0.05) is 58.0 Å². The van der Waals surface area contributed by atoms with Gasteiger partial charge in [0.25, 0.3) is 0 Å². The number of carbonyl (C=O) groups is 1. The van der Waals surface area contributed by atoms with Crippen LogP contribution in [0.3, 0.4) is 0 Å². The van der Waals surface area contributed by atoms with Crippen molar-refractivity contribution in [2.24, 2.45) is 23.7 Å². The molecule has 6 unspecified atom stereocenters. The number of nitrogens with one attached hydrogen (secondary N) is 1. The molecule has 0 radical (unpaired) electrons. The standard InChI is InChI=1S/C32H51NO10/c1-16-17(2)25(15-38-14-23-11-9-8-10-12-23)41-31(18(16)3)42-29-19(4)20(5)39-21(6)30(29)43-32-26(33-22(7)35)28(37)27(36)24(13-34)40-32/h8-12,16-21,24-32,34,36-37H,13-15H2,1-7H3,(H,33,35)/t16?,17-,18?,19-,20?,21-,24?,25-,26?,27+,28+,29-,30?,31+,32-/m0/s1. The van der Waals surface area contributed by atoms with Gasteiger partial charge in [-0.2, -0.15) is 0 Å². The number of ether oxygens (including phenoxy) is 6. The SMILES string of the molecule is CC(=O)NC1[C@H](OC2[C@H](C)OC(C)[C@H](C)[C@@H]2O[C@H]2O[C@@H](COCc3ccccc3)[C@@H](C)C(C)C2C)OC(CO)[C@@H](O)[C@@H]1O. The number of amides is 1. The maximum atomic E-state index is 12.0. The monoisotopic (exact) mass is 609 g/mol. The molecule has 0 aliphatic carbocycles. The van der Waals surface area contributed by atoms with E-state index in [0.717, 1.165) is 5.56 Å². The maximum Gasteiger partial charge on any atom is 0.217 e. The zero-order valence-electron chi connectivity index (χ0n) is 26.4. The predicted molar refractivity (Wildman–Crippen MR) is 157 cm³/mol. The second-order valence-corrected chi connectivity index (χ2v) is 12.7. The summed E-state index contributed by atoms with van der Waals surface area (Å²) in [5.74, 6) is 0.0924. The lowest BCUT2D eigenvalue weighted by Crippen LogP contribution is -2.66. The number of carbonyl (C=O) groups excluding carboxylic acids is 1. The third-order valence-electron chi connectivity index (χ3n) is 9.68. The van der Waals surface area contributed by atoms with Gasteiger partial charge >= 0.3 is 0 Å². The quantitative estimate of drug-likeness (QED) is 0.311. The van der Waals surface area contributed by atoms with Crippen molar-refractivity contribution in [1.82, 2.24) is 5.32 Å². The average molecular weight is 610 g/mol. The van der Waals surface area contributed by atoms with Crippen molar-refractivity contribution in [3.05, 3.63) is 35.9 Å². The number of benzene rings is 1. The minimum Gasteiger partial charge on any atom is -0.394 e. The fourth-order valence-corrected chi connectivity index (χ4v) is 6.36. The highest BCUT2D eigenvalue weighted by molar-refractivity contribution is 5.73. The first-order chi connectivity index (χ1) is 20.4. The van der Waals surface area contributed by atoms with Gasteiger partial charge in [0.15, 0.2) is 12.6 Å². The Labute approximate surface area is 255 Å². The summed E-state index contributed by atoms with van der Waals surface area (Å²) in [5.41, 5.74) is 1.10. The zero-order chi connectivity index (χ0) is 31.4. The van der Waals surface area contributed by atoms with Gasteiger partial charge in [0.05, 0.1) is 44.2 Å². The summed E-state index contributed by atoms with van der Waals surface area (Å²) < 4.78 is 38.0. The Hall–Kier alpha value is -1.67. The van der Waals surface area contributed by atoms with Gasteiger partial charge in [-0.3, -0.25) is 4.79 Å². The molecule has 3 heterocycles. The molecule has 43 heavy (non-hydrogen) atoms. The van der Waals surface area contributed by atoms with Crippen molar-refractivity contribution < 1.29 is 48.5 Å². The van der Waals surface area contributed by atoms with Gasteiger partial charge in [-0.25, -0.2) is 0 Å². The highest BCUT2D eigenvalue weighted by atomic mass is 16.7. The zero-order valence-corrected chi connectivity index (χ0v) is 26.4. The molecule has 1 aromatic carbocycles. The van der Waals surface area contributed by atoms with Gasteiger partial charge in [0.1, 0.15) is 30.5 Å². The molecule has 15 atom stereocenters. The molecule has 0 aromatic heterocycles. The molecule has 0 spiro atoms. The van der Waals surface area contributed by atoms with Gasteiger partial charge in [0, 0.05) is 18.8 Å². The highest BCUT2D eigenvalue weighted by Crippen LogP contribution is 2.40. The molecule has 1 amide bonds. The molecule has 11 heteroatoms. The van der Waals surface area contributed by atoms with E-state index in [4.69, 9.17) is 28.4 Å². The van der Waals surface area contributed by atoms with Gasteiger partial charge in [-0.05, 0) is 31.2 Å². The van der Waals surface area contributed by atoms with E-state index in [1.165, 1.54) is 6.92 Å². The molecule has 3 aliphatic rings. The normalized spacial score (nSPS) is 43.7. The molecule has 4 N–H and O–H groups in total. The van der Waals surface area contributed by atoms with E-state index in [9.17, 15) is 20.1 Å². The van der Waals surface area contributed by atoms with Crippen molar-refractivity contribution in [2.45, 2.75) is 123 Å². The Morgan fingerprint density at radius 1 is 0.791 bits per heavy atom. The first kappa shape index (κ1) is 34.2. The van der Waals surface area contributed by atoms with Crippen LogP contribution in [0.1, 0.15) is 54.0 Å². The molecule has 11 nitrogen and oxygen atoms in total. The Balaban J connectivity index is 1.51. The van der Waals surface area contributed by atoms with E-state index in [2.05, 4.69) is 26.1 Å². The number of hydrogen-bond acceptors (Lipinski definition) is 10. The topological polar surface area (TPSA) is 145 Å². The number of hydrogen-bond donors (Lipinski definition) is 4. The van der Waals surface area contributed by atoms with E-state index >= 15 is 0 Å². The fourth-order valence-electron chi connectivity index (χ4n) is 6.36. The Morgan fingerprint density at radius 2 is 1.44 bits per heavy atom. The van der Waals surface area contributed by atoms with E-state index in [1.807, 2.05) is 51.1 Å². The van der Waals surface area contributed by atoms with Crippen LogP contribution in [0.2, 0.25) is 0 Å². The molecule has 3 aliphatic heterocycles. The summed E-state index contributed by atoms with van der Waals surface area (Å²) in [6.45, 7) is 14.1. The molecular weight excluding hydrogens is 558 g/mol. The maximum absolute atomic E-state index is 12.0. The summed E-state index contributed by atoms with van der Waals surface area (Å²) in [5, 5.41) is 33.7. The smallest absolute Gasteiger partial charge is 0.217 e. The second kappa shape index (κ2) is 15.1. The third kappa shape index (κ3) is 7.95. The van der Waals surface area contributed by atoms with Crippen LogP contribution in [0.15, 0.2) is 30.3 Å². The molecule has 0 bridgehead atoms. The van der Waals surface area contributed by atoms with Crippen LogP contribution in [0.5, 0.6) is 0 Å². The van der Waals surface area contributed by atoms with Gasteiger partial charge < -0.3 is 49.1 Å². The summed E-state index contributed by atoms with van der Waals surface area (Å²) >= 11 is 0. The minimum atomic E-state index is -1.42. The number of aliphatic hydroxyl groups is 3. The van der Waals surface area contributed by atoms with Crippen molar-refractivity contribution >= 4 is 5.91 Å².